The number of nitrogens with zero attached hydrogens (tertiary/aromatic N) is 1. The van der Waals surface area contributed by atoms with Gasteiger partial charge < -0.3 is 29.6 Å². The lowest BCUT2D eigenvalue weighted by atomic mass is 9.95. The maximum Gasteiger partial charge on any atom is 0.533 e. The van der Waals surface area contributed by atoms with Gasteiger partial charge in [-0.2, -0.15) is 0 Å². The lowest BCUT2D eigenvalue weighted by Crippen LogP contribution is -2.32. The zero-order chi connectivity index (χ0) is 32.5. The molecule has 4 rings (SSSR count). The van der Waals surface area contributed by atoms with Crippen molar-refractivity contribution in [1.29, 1.82) is 0 Å². The van der Waals surface area contributed by atoms with Gasteiger partial charge in [0.1, 0.15) is 6.61 Å². The first kappa shape index (κ1) is 33.6. The summed E-state index contributed by atoms with van der Waals surface area (Å²) in [6.07, 6.45) is -1.67. The second-order valence-electron chi connectivity index (χ2n) is 10.7. The van der Waals surface area contributed by atoms with Crippen LogP contribution in [0.1, 0.15) is 78.3 Å². The summed E-state index contributed by atoms with van der Waals surface area (Å²) in [5, 5.41) is 6.06. The molecule has 13 nitrogen and oxygen atoms in total. The van der Waals surface area contributed by atoms with Crippen LogP contribution in [0.25, 0.3) is 11.1 Å². The molecular formula is C32H39N3O10. The van der Waals surface area contributed by atoms with E-state index in [4.69, 9.17) is 23.8 Å². The molecule has 0 aromatic heterocycles. The molecule has 4 amide bonds. The molecule has 2 aromatic rings. The number of nitrogens with one attached hydrogen (secondary N) is 2. The first-order valence-corrected chi connectivity index (χ1v) is 15.0. The molecule has 2 aromatic carbocycles. The third kappa shape index (κ3) is 8.65. The summed E-state index contributed by atoms with van der Waals surface area (Å²) in [6.45, 7) is 8.96. The molecule has 0 bridgehead atoms. The third-order valence-electron chi connectivity index (χ3n) is 7.19. The molecule has 2 atom stereocenters. The molecule has 2 aliphatic rings. The van der Waals surface area contributed by atoms with Gasteiger partial charge in [-0.25, -0.2) is 4.79 Å². The molecule has 0 spiro atoms. The highest BCUT2D eigenvalue weighted by Crippen LogP contribution is 2.45. The number of benzene rings is 2. The zero-order valence-corrected chi connectivity index (χ0v) is 25.9. The van der Waals surface area contributed by atoms with Crippen LogP contribution in [0.2, 0.25) is 0 Å². The van der Waals surface area contributed by atoms with Crippen molar-refractivity contribution in [3.05, 3.63) is 58.7 Å². The fraction of sp³-hybridized carbons (Fsp3) is 0.469. The monoisotopic (exact) mass is 625 g/mol. The Morgan fingerprint density at radius 1 is 0.822 bits per heavy atom. The van der Waals surface area contributed by atoms with Crippen molar-refractivity contribution in [3.63, 3.8) is 0 Å². The van der Waals surface area contributed by atoms with E-state index < -0.39 is 23.9 Å². The van der Waals surface area contributed by atoms with E-state index in [0.717, 1.165) is 11.1 Å². The van der Waals surface area contributed by atoms with Crippen LogP contribution in [0, 0.1) is 0 Å². The van der Waals surface area contributed by atoms with Crippen LogP contribution >= 0.6 is 0 Å². The Kier molecular flexibility index (Phi) is 11.6. The number of carbonyl (C=O) groups excluding carboxylic acids is 5. The van der Waals surface area contributed by atoms with Gasteiger partial charge in [-0.15, -0.1) is 0 Å². The number of hydrogen-bond acceptors (Lipinski definition) is 10. The zero-order valence-electron chi connectivity index (χ0n) is 25.9. The van der Waals surface area contributed by atoms with Gasteiger partial charge in [0.25, 0.3) is 23.6 Å². The molecule has 45 heavy (non-hydrogen) atoms. The van der Waals surface area contributed by atoms with Crippen molar-refractivity contribution in [1.82, 2.24) is 15.7 Å². The largest absolute Gasteiger partial charge is 0.533 e. The van der Waals surface area contributed by atoms with E-state index in [1.165, 1.54) is 0 Å². The maximum absolute atomic E-state index is 13.0. The molecule has 2 N–H and O–H groups in total. The summed E-state index contributed by atoms with van der Waals surface area (Å²) in [6, 6.07) is 10.4. The number of imide groups is 1. The van der Waals surface area contributed by atoms with Gasteiger partial charge in [-0.1, -0.05) is 17.2 Å². The Labute approximate surface area is 261 Å². The van der Waals surface area contributed by atoms with Crippen molar-refractivity contribution in [2.24, 2.45) is 0 Å². The quantitative estimate of drug-likeness (QED) is 0.130. The van der Waals surface area contributed by atoms with E-state index in [-0.39, 0.29) is 56.8 Å². The van der Waals surface area contributed by atoms with Gasteiger partial charge in [-0.3, -0.25) is 24.0 Å². The Hall–Kier alpha value is -4.33. The van der Waals surface area contributed by atoms with Gasteiger partial charge in [0.2, 0.25) is 0 Å². The predicted octanol–water partition coefficient (Wildman–Crippen LogP) is 3.30. The molecule has 1 fully saturated rings. The Morgan fingerprint density at radius 3 is 1.87 bits per heavy atom. The highest BCUT2D eigenvalue weighted by atomic mass is 16.8. The number of carbonyl (C=O) groups is 5. The van der Waals surface area contributed by atoms with Gasteiger partial charge in [0.05, 0.1) is 19.3 Å². The normalized spacial score (nSPS) is 15.9. The minimum absolute atomic E-state index is 0.0407. The van der Waals surface area contributed by atoms with E-state index in [2.05, 4.69) is 10.6 Å². The van der Waals surface area contributed by atoms with E-state index in [9.17, 15) is 24.0 Å². The van der Waals surface area contributed by atoms with Gasteiger partial charge in [0, 0.05) is 49.6 Å². The van der Waals surface area contributed by atoms with Crippen LogP contribution in [0.3, 0.4) is 0 Å². The summed E-state index contributed by atoms with van der Waals surface area (Å²) in [5.74, 6) is -2.46. The Morgan fingerprint density at radius 2 is 1.36 bits per heavy atom. The molecule has 13 heteroatoms. The van der Waals surface area contributed by atoms with Gasteiger partial charge in [0.15, 0.2) is 6.29 Å². The van der Waals surface area contributed by atoms with E-state index in [1.807, 2.05) is 26.8 Å². The van der Waals surface area contributed by atoms with Crippen LogP contribution in [0.5, 0.6) is 0 Å². The highest BCUT2D eigenvalue weighted by Gasteiger charge is 2.35. The Bertz CT molecular complexity index is 1410. The van der Waals surface area contributed by atoms with Crippen molar-refractivity contribution < 1.29 is 47.8 Å². The summed E-state index contributed by atoms with van der Waals surface area (Å²) in [7, 11) is 0. The topological polar surface area (TPSA) is 159 Å². The van der Waals surface area contributed by atoms with Crippen LogP contribution in [0.15, 0.2) is 36.4 Å². The molecule has 1 saturated heterocycles. The summed E-state index contributed by atoms with van der Waals surface area (Å²) in [4.78, 5) is 67.0. The molecule has 2 unspecified atom stereocenters. The average Bonchev–Trinajstić information content (AvgIpc) is 3.50. The molecule has 0 saturated carbocycles. The van der Waals surface area contributed by atoms with Crippen molar-refractivity contribution in [2.45, 2.75) is 58.8 Å². The molecule has 0 radical (unpaired) electrons. The van der Waals surface area contributed by atoms with E-state index in [0.29, 0.717) is 47.1 Å². The molecule has 242 valence electrons. The number of hydrogen-bond donors (Lipinski definition) is 2. The standard InChI is InChI=1S/C32H39N3O10/c1-5-41-20(4)43-15-13-34-31(39)22-7-9-24-23-8-6-21(30(38)33-12-14-42-19(2)3)16-25(23)27(26(24)17-22)18-44-32(40)45-35-28(36)10-11-29(35)37/h6-9,16-17,19-20,27H,5,10-15,18H2,1-4H3,(H,33,38)(H,34,39). The van der Waals surface area contributed by atoms with Crippen LogP contribution in [0.4, 0.5) is 4.79 Å². The number of ether oxygens (including phenoxy) is 4. The smallest absolute Gasteiger partial charge is 0.432 e. The minimum Gasteiger partial charge on any atom is -0.432 e. The van der Waals surface area contributed by atoms with Gasteiger partial charge >= 0.3 is 6.16 Å². The maximum atomic E-state index is 13.0. The lowest BCUT2D eigenvalue weighted by Gasteiger charge is -2.17. The number of fused-ring (bicyclic) bond motifs is 3. The molecule has 1 aliphatic heterocycles. The second-order valence-corrected chi connectivity index (χ2v) is 10.7. The summed E-state index contributed by atoms with van der Waals surface area (Å²) >= 11 is 0. The van der Waals surface area contributed by atoms with Gasteiger partial charge in [-0.05, 0) is 74.2 Å². The first-order chi connectivity index (χ1) is 21.6. The fourth-order valence-corrected chi connectivity index (χ4v) is 5.07. The minimum atomic E-state index is -1.22. The van der Waals surface area contributed by atoms with E-state index >= 15 is 0 Å². The van der Waals surface area contributed by atoms with Crippen LogP contribution < -0.4 is 10.6 Å². The molecule has 1 heterocycles. The van der Waals surface area contributed by atoms with Crippen LogP contribution in [-0.2, 0) is 33.4 Å². The van der Waals surface area contributed by atoms with Crippen molar-refractivity contribution in [3.8, 4) is 11.1 Å². The molecule has 1 aliphatic carbocycles. The SMILES string of the molecule is CCOC(C)OCCNC(=O)c1ccc2c(c1)C(COC(=O)ON1C(=O)CCC1=O)c1cc(C(=O)NCCOC(C)C)ccc1-2. The Balaban J connectivity index is 1.51. The number of amides is 4. The second kappa shape index (κ2) is 15.6. The number of hydroxylamine groups is 2. The third-order valence-corrected chi connectivity index (χ3v) is 7.19. The first-order valence-electron chi connectivity index (χ1n) is 15.0. The van der Waals surface area contributed by atoms with Crippen LogP contribution in [-0.4, -0.2) is 86.8 Å². The summed E-state index contributed by atoms with van der Waals surface area (Å²) < 4.78 is 21.7. The number of rotatable bonds is 15. The fourth-order valence-electron chi connectivity index (χ4n) is 5.07. The molecular weight excluding hydrogens is 586 g/mol. The average molecular weight is 626 g/mol. The predicted molar refractivity (Wildman–Crippen MR) is 160 cm³/mol. The lowest BCUT2D eigenvalue weighted by molar-refractivity contribution is -0.177. The van der Waals surface area contributed by atoms with Crippen molar-refractivity contribution in [2.75, 3.05) is 39.5 Å². The van der Waals surface area contributed by atoms with E-state index in [1.54, 1.807) is 37.3 Å². The van der Waals surface area contributed by atoms with Crippen molar-refractivity contribution >= 4 is 29.8 Å². The summed E-state index contributed by atoms with van der Waals surface area (Å²) in [5.41, 5.74) is 3.78. The highest BCUT2D eigenvalue weighted by molar-refractivity contribution is 6.01.